The molecule has 0 fully saturated rings. The third-order valence-corrected chi connectivity index (χ3v) is 8.46. The van der Waals surface area contributed by atoms with Gasteiger partial charge in [-0.05, 0) is 60.2 Å². The molecule has 7 nitrogen and oxygen atoms in total. The monoisotopic (exact) mass is 463 g/mol. The van der Waals surface area contributed by atoms with Crippen molar-refractivity contribution < 1.29 is 16.8 Å². The van der Waals surface area contributed by atoms with Crippen LogP contribution in [0.15, 0.2) is 87.7 Å². The van der Waals surface area contributed by atoms with Crippen molar-refractivity contribution in [3.8, 4) is 0 Å². The molecule has 1 N–H and O–H groups in total. The van der Waals surface area contributed by atoms with Crippen molar-refractivity contribution in [2.24, 2.45) is 0 Å². The molecule has 0 saturated heterocycles. The van der Waals surface area contributed by atoms with Crippen LogP contribution in [0.3, 0.4) is 0 Å². The fourth-order valence-electron chi connectivity index (χ4n) is 2.49. The molecule has 3 aromatic rings. The van der Waals surface area contributed by atoms with Crippen LogP contribution in [-0.2, 0) is 25.8 Å². The number of nitrogens with one attached hydrogen (secondary N) is 1. The molecule has 2 aromatic carbocycles. The lowest BCUT2D eigenvalue weighted by Crippen LogP contribution is -2.22. The van der Waals surface area contributed by atoms with Crippen LogP contribution in [0.5, 0.6) is 0 Å². The van der Waals surface area contributed by atoms with Gasteiger partial charge in [0.2, 0.25) is 10.0 Å². The summed E-state index contributed by atoms with van der Waals surface area (Å²) >= 11 is 1.62. The van der Waals surface area contributed by atoms with Gasteiger partial charge in [0.05, 0.1) is 9.79 Å². The molecular weight excluding hydrogens is 442 g/mol. The maximum absolute atomic E-state index is 12.6. The quantitative estimate of drug-likeness (QED) is 0.514. The second-order valence-corrected chi connectivity index (χ2v) is 11.4. The molecule has 0 unspecified atom stereocenters. The van der Waals surface area contributed by atoms with E-state index in [4.69, 9.17) is 0 Å². The first-order valence-electron chi connectivity index (χ1n) is 8.86. The van der Waals surface area contributed by atoms with Crippen molar-refractivity contribution in [2.75, 3.05) is 18.8 Å². The van der Waals surface area contributed by atoms with E-state index in [0.29, 0.717) is 5.69 Å². The highest BCUT2D eigenvalue weighted by Gasteiger charge is 2.19. The molecule has 0 radical (unpaired) electrons. The number of hydrogen-bond acceptors (Lipinski definition) is 6. The Morgan fingerprint density at radius 3 is 2.10 bits per heavy atom. The molecule has 0 atom stereocenters. The van der Waals surface area contributed by atoms with Crippen LogP contribution >= 0.6 is 11.8 Å². The van der Waals surface area contributed by atoms with Gasteiger partial charge in [0, 0.05) is 42.8 Å². The van der Waals surface area contributed by atoms with Crippen molar-refractivity contribution in [3.05, 3.63) is 78.6 Å². The average Bonchev–Trinajstić information content (AvgIpc) is 2.74. The molecule has 0 spiro atoms. The number of nitrogens with zero attached hydrogens (tertiary/aromatic N) is 2. The van der Waals surface area contributed by atoms with Gasteiger partial charge in [0.1, 0.15) is 0 Å². The number of thioether (sulfide) groups is 1. The van der Waals surface area contributed by atoms with E-state index in [2.05, 4.69) is 9.71 Å². The Balaban J connectivity index is 1.68. The molecule has 0 aliphatic rings. The van der Waals surface area contributed by atoms with E-state index in [-0.39, 0.29) is 9.79 Å². The number of benzene rings is 2. The highest BCUT2D eigenvalue weighted by molar-refractivity contribution is 7.98. The first-order valence-corrected chi connectivity index (χ1v) is 12.8. The predicted octanol–water partition coefficient (Wildman–Crippen LogP) is 3.43. The minimum Gasteiger partial charge on any atom is -0.280 e. The van der Waals surface area contributed by atoms with Crippen molar-refractivity contribution in [1.82, 2.24) is 9.29 Å². The van der Waals surface area contributed by atoms with Crippen LogP contribution < -0.4 is 4.72 Å². The van der Waals surface area contributed by atoms with Gasteiger partial charge in [-0.2, -0.15) is 0 Å². The molecule has 1 heterocycles. The van der Waals surface area contributed by atoms with Crippen LogP contribution in [0, 0.1) is 0 Å². The van der Waals surface area contributed by atoms with Gasteiger partial charge < -0.3 is 0 Å². The molecule has 0 aliphatic carbocycles. The molecule has 0 bridgehead atoms. The molecule has 158 valence electrons. The highest BCUT2D eigenvalue weighted by atomic mass is 32.2. The van der Waals surface area contributed by atoms with Crippen LogP contribution in [0.1, 0.15) is 5.56 Å². The highest BCUT2D eigenvalue weighted by Crippen LogP contribution is 2.25. The summed E-state index contributed by atoms with van der Waals surface area (Å²) in [6.07, 6.45) is 3.54. The maximum atomic E-state index is 12.6. The Morgan fingerprint density at radius 2 is 1.53 bits per heavy atom. The molecule has 1 aromatic heterocycles. The molecule has 0 amide bonds. The van der Waals surface area contributed by atoms with E-state index in [0.717, 1.165) is 20.5 Å². The van der Waals surface area contributed by atoms with E-state index in [9.17, 15) is 16.8 Å². The fraction of sp³-hybridized carbons (Fsp3) is 0.150. The van der Waals surface area contributed by atoms with E-state index in [1.165, 1.54) is 38.4 Å². The second kappa shape index (κ2) is 9.17. The topological polar surface area (TPSA) is 96.4 Å². The van der Waals surface area contributed by atoms with Crippen molar-refractivity contribution >= 4 is 37.5 Å². The van der Waals surface area contributed by atoms with Gasteiger partial charge in [-0.15, -0.1) is 11.8 Å². The number of aromatic nitrogens is 1. The summed E-state index contributed by atoms with van der Waals surface area (Å²) in [4.78, 5) is 5.09. The number of rotatable bonds is 8. The van der Waals surface area contributed by atoms with Crippen LogP contribution in [0.4, 0.5) is 5.69 Å². The molecule has 0 aliphatic heterocycles. The Morgan fingerprint density at radius 1 is 0.900 bits per heavy atom. The second-order valence-electron chi connectivity index (χ2n) is 6.54. The lowest BCUT2D eigenvalue weighted by Gasteiger charge is -2.12. The van der Waals surface area contributed by atoms with Crippen LogP contribution in [-0.4, -0.2) is 40.2 Å². The van der Waals surface area contributed by atoms with Crippen molar-refractivity contribution in [1.29, 1.82) is 0 Å². The van der Waals surface area contributed by atoms with Gasteiger partial charge in [-0.3, -0.25) is 9.71 Å². The third kappa shape index (κ3) is 5.39. The standard InChI is InChI=1S/C20H21N3O4S3/c1-23(2)30(26,27)20-11-9-19(10-12-20)29(24,25)22-17-5-7-18(8-6-17)28-15-16-4-3-13-21-14-16/h3-14,22H,15H2,1-2H3. The zero-order valence-electron chi connectivity index (χ0n) is 16.4. The Labute approximate surface area is 181 Å². The summed E-state index contributed by atoms with van der Waals surface area (Å²) in [7, 11) is -4.62. The van der Waals surface area contributed by atoms with Crippen LogP contribution in [0.2, 0.25) is 0 Å². The van der Waals surface area contributed by atoms with E-state index in [1.54, 1.807) is 30.1 Å². The molecule has 10 heteroatoms. The Bertz CT molecular complexity index is 1190. The van der Waals surface area contributed by atoms with Crippen molar-refractivity contribution in [3.63, 3.8) is 0 Å². The third-order valence-electron chi connectivity index (χ3n) is 4.15. The molecule has 30 heavy (non-hydrogen) atoms. The van der Waals surface area contributed by atoms with Crippen molar-refractivity contribution in [2.45, 2.75) is 20.4 Å². The Hall–Kier alpha value is -2.40. The smallest absolute Gasteiger partial charge is 0.261 e. The summed E-state index contributed by atoms with van der Waals surface area (Å²) in [6.45, 7) is 0. The predicted molar refractivity (Wildman–Crippen MR) is 118 cm³/mol. The zero-order valence-corrected chi connectivity index (χ0v) is 18.8. The first kappa shape index (κ1) is 22.3. The molecule has 0 saturated carbocycles. The maximum Gasteiger partial charge on any atom is 0.261 e. The SMILES string of the molecule is CN(C)S(=O)(=O)c1ccc(S(=O)(=O)Nc2ccc(SCc3cccnc3)cc2)cc1. The lowest BCUT2D eigenvalue weighted by molar-refractivity contribution is 0.520. The number of anilines is 1. The fourth-order valence-corrected chi connectivity index (χ4v) is 5.28. The lowest BCUT2D eigenvalue weighted by atomic mass is 10.3. The normalized spacial score (nSPS) is 12.1. The summed E-state index contributed by atoms with van der Waals surface area (Å²) in [6, 6.07) is 16.0. The Kier molecular flexibility index (Phi) is 6.81. The minimum atomic E-state index is -3.84. The van der Waals surface area contributed by atoms with Gasteiger partial charge in [0.25, 0.3) is 10.0 Å². The van der Waals surface area contributed by atoms with E-state index >= 15 is 0 Å². The van der Waals surface area contributed by atoms with Crippen LogP contribution in [0.25, 0.3) is 0 Å². The minimum absolute atomic E-state index is 0.0183. The van der Waals surface area contributed by atoms with Gasteiger partial charge in [-0.1, -0.05) is 6.07 Å². The summed E-state index contributed by atoms with van der Waals surface area (Å²) < 4.78 is 53.0. The van der Waals surface area contributed by atoms with Gasteiger partial charge in [0.15, 0.2) is 0 Å². The summed E-state index contributed by atoms with van der Waals surface area (Å²) in [5.74, 6) is 0.765. The largest absolute Gasteiger partial charge is 0.280 e. The van der Waals surface area contributed by atoms with Gasteiger partial charge >= 0.3 is 0 Å². The zero-order chi connectivity index (χ0) is 21.8. The molecule has 3 rings (SSSR count). The van der Waals surface area contributed by atoms with E-state index < -0.39 is 20.0 Å². The first-order chi connectivity index (χ1) is 14.2. The molecular formula is C20H21N3O4S3. The van der Waals surface area contributed by atoms with E-state index in [1.807, 2.05) is 30.5 Å². The number of hydrogen-bond donors (Lipinski definition) is 1. The number of pyridine rings is 1. The average molecular weight is 464 g/mol. The number of sulfonamides is 2. The van der Waals surface area contributed by atoms with Gasteiger partial charge in [-0.25, -0.2) is 21.1 Å². The summed E-state index contributed by atoms with van der Waals surface area (Å²) in [5.41, 5.74) is 1.53. The summed E-state index contributed by atoms with van der Waals surface area (Å²) in [5, 5.41) is 0.